The van der Waals surface area contributed by atoms with Crippen LogP contribution in [0.15, 0.2) is 42.0 Å². The van der Waals surface area contributed by atoms with Crippen molar-refractivity contribution in [2.24, 2.45) is 0 Å². The molecule has 0 saturated heterocycles. The molecule has 0 saturated carbocycles. The zero-order valence-electron chi connectivity index (χ0n) is 15.6. The number of carbonyl (C=O) groups is 1. The fourth-order valence-electron chi connectivity index (χ4n) is 2.35. The molecule has 0 aliphatic carbocycles. The summed E-state index contributed by atoms with van der Waals surface area (Å²) in [5, 5.41) is 12.5. The van der Waals surface area contributed by atoms with Gasteiger partial charge in [-0.3, -0.25) is 4.79 Å². The van der Waals surface area contributed by atoms with Gasteiger partial charge in [0.05, 0.1) is 27.5 Å². The van der Waals surface area contributed by atoms with Crippen molar-refractivity contribution >= 4 is 51.9 Å². The topological polar surface area (TPSA) is 71.3 Å². The molecule has 5 nitrogen and oxygen atoms in total. The van der Waals surface area contributed by atoms with E-state index in [4.69, 9.17) is 21.1 Å². The monoisotopic (exact) mass is 510 g/mol. The summed E-state index contributed by atoms with van der Waals surface area (Å²) in [4.78, 5) is 12.5. The van der Waals surface area contributed by atoms with Crippen molar-refractivity contribution in [1.82, 2.24) is 0 Å². The molecule has 0 radical (unpaired) electrons. The Labute approximate surface area is 183 Å². The lowest BCUT2D eigenvalue weighted by Crippen LogP contribution is -2.13. The first-order valence-corrected chi connectivity index (χ1v) is 10.2. The Morgan fingerprint density at radius 2 is 2.04 bits per heavy atom. The lowest BCUT2D eigenvalue weighted by molar-refractivity contribution is -0.112. The summed E-state index contributed by atoms with van der Waals surface area (Å²) in [6.45, 7) is 4.97. The van der Waals surface area contributed by atoms with Gasteiger partial charge in [0.15, 0.2) is 11.5 Å². The highest BCUT2D eigenvalue weighted by Crippen LogP contribution is 2.35. The molecule has 0 heterocycles. The largest absolute Gasteiger partial charge is 0.490 e. The van der Waals surface area contributed by atoms with E-state index in [1.165, 1.54) is 6.08 Å². The number of amides is 1. The highest BCUT2D eigenvalue weighted by molar-refractivity contribution is 14.1. The van der Waals surface area contributed by atoms with Crippen LogP contribution in [0.2, 0.25) is 5.02 Å². The molecule has 0 aromatic heterocycles. The molecule has 146 valence electrons. The number of hydrogen-bond acceptors (Lipinski definition) is 4. The Morgan fingerprint density at radius 1 is 1.29 bits per heavy atom. The van der Waals surface area contributed by atoms with Crippen LogP contribution < -0.4 is 14.8 Å². The van der Waals surface area contributed by atoms with Crippen LogP contribution in [-0.4, -0.2) is 19.1 Å². The van der Waals surface area contributed by atoms with Gasteiger partial charge in [0, 0.05) is 0 Å². The van der Waals surface area contributed by atoms with E-state index in [2.05, 4.69) is 27.9 Å². The number of carbonyl (C=O) groups excluding carboxylic acids is 1. The van der Waals surface area contributed by atoms with Crippen molar-refractivity contribution in [2.75, 3.05) is 18.5 Å². The molecule has 7 heteroatoms. The van der Waals surface area contributed by atoms with Crippen molar-refractivity contribution in [2.45, 2.75) is 20.3 Å². The first-order valence-electron chi connectivity index (χ1n) is 8.76. The molecule has 2 aromatic carbocycles. The standard InChI is InChI=1S/C21H20ClIN2O3/c1-3-9-28-20-17(23)11-14(12-19(20)27-4-2)10-15(13-24)21(26)25-18-8-6-5-7-16(18)22/h5-8,10-12H,3-4,9H2,1-2H3,(H,25,26)/b15-10+. The van der Waals surface area contributed by atoms with E-state index in [1.54, 1.807) is 30.3 Å². The molecule has 0 aliphatic rings. The Balaban J connectivity index is 2.33. The molecule has 1 N–H and O–H groups in total. The van der Waals surface area contributed by atoms with Gasteiger partial charge in [0.2, 0.25) is 0 Å². The van der Waals surface area contributed by atoms with Gasteiger partial charge in [-0.15, -0.1) is 0 Å². The molecule has 2 aromatic rings. The first-order chi connectivity index (χ1) is 13.5. The summed E-state index contributed by atoms with van der Waals surface area (Å²) in [6, 6.07) is 12.4. The van der Waals surface area contributed by atoms with Crippen LogP contribution in [0.25, 0.3) is 6.08 Å². The molecular formula is C21H20ClIN2O3. The van der Waals surface area contributed by atoms with Crippen LogP contribution in [0.4, 0.5) is 5.69 Å². The fraction of sp³-hybridized carbons (Fsp3) is 0.238. The number of ether oxygens (including phenoxy) is 2. The number of benzene rings is 2. The third kappa shape index (κ3) is 5.88. The van der Waals surface area contributed by atoms with Crippen molar-refractivity contribution in [3.63, 3.8) is 0 Å². The van der Waals surface area contributed by atoms with Crippen LogP contribution >= 0.6 is 34.2 Å². The average Bonchev–Trinajstić information content (AvgIpc) is 2.67. The second-order valence-electron chi connectivity index (χ2n) is 5.72. The Bertz CT molecular complexity index is 922. The SMILES string of the molecule is CCCOc1c(I)cc(/C=C(\C#N)C(=O)Nc2ccccc2Cl)cc1OCC. The van der Waals surface area contributed by atoms with Gasteiger partial charge in [-0.05, 0) is 71.8 Å². The molecule has 0 fully saturated rings. The van der Waals surface area contributed by atoms with E-state index in [0.29, 0.717) is 41.0 Å². The smallest absolute Gasteiger partial charge is 0.266 e. The van der Waals surface area contributed by atoms with Gasteiger partial charge in [0.25, 0.3) is 5.91 Å². The van der Waals surface area contributed by atoms with E-state index >= 15 is 0 Å². The minimum atomic E-state index is -0.533. The third-order valence-corrected chi connectivity index (χ3v) is 4.71. The number of para-hydroxylation sites is 1. The predicted octanol–water partition coefficient (Wildman–Crippen LogP) is 5.68. The molecule has 0 atom stereocenters. The maximum absolute atomic E-state index is 12.5. The summed E-state index contributed by atoms with van der Waals surface area (Å²) >= 11 is 8.22. The summed E-state index contributed by atoms with van der Waals surface area (Å²) < 4.78 is 12.3. The molecule has 0 bridgehead atoms. The summed E-state index contributed by atoms with van der Waals surface area (Å²) in [6.07, 6.45) is 2.39. The minimum Gasteiger partial charge on any atom is -0.490 e. The second-order valence-corrected chi connectivity index (χ2v) is 7.28. The van der Waals surface area contributed by atoms with E-state index in [-0.39, 0.29) is 5.57 Å². The molecule has 0 aliphatic heterocycles. The molecular weight excluding hydrogens is 491 g/mol. The van der Waals surface area contributed by atoms with E-state index in [0.717, 1.165) is 9.99 Å². The van der Waals surface area contributed by atoms with Crippen LogP contribution in [0.3, 0.4) is 0 Å². The lowest BCUT2D eigenvalue weighted by atomic mass is 10.1. The molecule has 0 spiro atoms. The van der Waals surface area contributed by atoms with Gasteiger partial charge >= 0.3 is 0 Å². The highest BCUT2D eigenvalue weighted by atomic mass is 127. The number of nitrogens with one attached hydrogen (secondary N) is 1. The number of nitrogens with zero attached hydrogens (tertiary/aromatic N) is 1. The number of hydrogen-bond donors (Lipinski definition) is 1. The highest BCUT2D eigenvalue weighted by Gasteiger charge is 2.15. The summed E-state index contributed by atoms with van der Waals surface area (Å²) in [5.74, 6) is 0.716. The van der Waals surface area contributed by atoms with Crippen LogP contribution in [-0.2, 0) is 4.79 Å². The fourth-order valence-corrected chi connectivity index (χ4v) is 3.31. The normalized spacial score (nSPS) is 10.9. The number of halogens is 2. The zero-order valence-corrected chi connectivity index (χ0v) is 18.5. The Hall–Kier alpha value is -2.24. The predicted molar refractivity (Wildman–Crippen MR) is 120 cm³/mol. The van der Waals surface area contributed by atoms with E-state index in [1.807, 2.05) is 26.0 Å². The summed E-state index contributed by atoms with van der Waals surface area (Å²) in [7, 11) is 0. The lowest BCUT2D eigenvalue weighted by Gasteiger charge is -2.14. The maximum atomic E-state index is 12.5. The number of anilines is 1. The average molecular weight is 511 g/mol. The molecule has 1 amide bonds. The number of rotatable bonds is 8. The summed E-state index contributed by atoms with van der Waals surface area (Å²) in [5.41, 5.74) is 1.08. The Morgan fingerprint density at radius 3 is 2.68 bits per heavy atom. The van der Waals surface area contributed by atoms with Crippen LogP contribution in [0, 0.1) is 14.9 Å². The maximum Gasteiger partial charge on any atom is 0.266 e. The quantitative estimate of drug-likeness (QED) is 0.282. The second kappa shape index (κ2) is 10.9. The number of nitriles is 1. The van der Waals surface area contributed by atoms with Gasteiger partial charge < -0.3 is 14.8 Å². The Kier molecular flexibility index (Phi) is 8.61. The zero-order chi connectivity index (χ0) is 20.5. The van der Waals surface area contributed by atoms with Gasteiger partial charge in [0.1, 0.15) is 11.6 Å². The van der Waals surface area contributed by atoms with Crippen molar-refractivity contribution in [3.05, 3.63) is 56.1 Å². The minimum absolute atomic E-state index is 0.0413. The van der Waals surface area contributed by atoms with Crippen molar-refractivity contribution in [3.8, 4) is 17.6 Å². The van der Waals surface area contributed by atoms with Crippen molar-refractivity contribution in [1.29, 1.82) is 5.26 Å². The van der Waals surface area contributed by atoms with Crippen molar-refractivity contribution < 1.29 is 14.3 Å². The molecule has 28 heavy (non-hydrogen) atoms. The van der Waals surface area contributed by atoms with Crippen LogP contribution in [0.5, 0.6) is 11.5 Å². The third-order valence-electron chi connectivity index (χ3n) is 3.58. The van der Waals surface area contributed by atoms with E-state index in [9.17, 15) is 10.1 Å². The van der Waals surface area contributed by atoms with Gasteiger partial charge in [-0.2, -0.15) is 5.26 Å². The van der Waals surface area contributed by atoms with Gasteiger partial charge in [-0.25, -0.2) is 0 Å². The molecule has 2 rings (SSSR count). The first kappa shape index (κ1) is 22.1. The van der Waals surface area contributed by atoms with E-state index < -0.39 is 5.91 Å². The van der Waals surface area contributed by atoms with Crippen LogP contribution in [0.1, 0.15) is 25.8 Å². The van der Waals surface area contributed by atoms with Gasteiger partial charge in [-0.1, -0.05) is 30.7 Å². The molecule has 0 unspecified atom stereocenters.